The summed E-state index contributed by atoms with van der Waals surface area (Å²) in [5.41, 5.74) is 2.01. The average molecular weight is 459 g/mol. The minimum absolute atomic E-state index is 0.0229. The number of carboxylic acids is 1. The Labute approximate surface area is 191 Å². The van der Waals surface area contributed by atoms with Crippen LogP contribution >= 0.6 is 11.6 Å². The lowest BCUT2D eigenvalue weighted by molar-refractivity contribution is -0.157. The monoisotopic (exact) mass is 458 g/mol. The van der Waals surface area contributed by atoms with E-state index in [0.717, 1.165) is 17.4 Å². The second-order valence-electron chi connectivity index (χ2n) is 9.49. The predicted molar refractivity (Wildman–Crippen MR) is 120 cm³/mol. The number of Topliss-reactive ketones (excluding diaryl/α,β-unsaturated/α-hetero) is 2. The largest absolute Gasteiger partial charge is 0.480 e. The Morgan fingerprint density at radius 1 is 1.16 bits per heavy atom. The molecule has 1 aromatic carbocycles. The number of hydrogen-bond acceptors (Lipinski definition) is 5. The van der Waals surface area contributed by atoms with E-state index in [-0.39, 0.29) is 43.2 Å². The molecule has 2 aliphatic carbocycles. The Hall–Kier alpha value is -2.80. The van der Waals surface area contributed by atoms with Gasteiger partial charge in [0.05, 0.1) is 0 Å². The highest BCUT2D eigenvalue weighted by Crippen LogP contribution is 2.44. The van der Waals surface area contributed by atoms with Gasteiger partial charge in [-0.2, -0.15) is 5.10 Å². The summed E-state index contributed by atoms with van der Waals surface area (Å²) in [6.07, 6.45) is 3.45. The second kappa shape index (κ2) is 8.98. The van der Waals surface area contributed by atoms with Crippen LogP contribution in [-0.4, -0.2) is 34.8 Å². The van der Waals surface area contributed by atoms with Crippen molar-refractivity contribution in [1.29, 1.82) is 0 Å². The molecule has 0 spiro atoms. The Balaban J connectivity index is 1.78. The molecule has 1 aromatic rings. The van der Waals surface area contributed by atoms with Gasteiger partial charge in [-0.05, 0) is 42.9 Å². The molecule has 3 rings (SSSR count). The molecule has 0 aromatic heterocycles. The number of benzene rings is 1. The van der Waals surface area contributed by atoms with E-state index in [0.29, 0.717) is 5.02 Å². The third-order valence-electron chi connectivity index (χ3n) is 6.38. The highest BCUT2D eigenvalue weighted by atomic mass is 35.5. The Bertz CT molecular complexity index is 992. The highest BCUT2D eigenvalue weighted by Gasteiger charge is 2.49. The SMILES string of the molecule is CC1=CCC(C(=O)O)(C(=O)NN=CC2C(=O)CC(C)(C)CC2=O)CC1c1ccc(Cl)cc1. The van der Waals surface area contributed by atoms with Gasteiger partial charge in [0.25, 0.3) is 5.91 Å². The first-order valence-electron chi connectivity index (χ1n) is 10.5. The maximum absolute atomic E-state index is 13.0. The summed E-state index contributed by atoms with van der Waals surface area (Å²) in [6.45, 7) is 5.61. The van der Waals surface area contributed by atoms with Crippen LogP contribution in [0.3, 0.4) is 0 Å². The summed E-state index contributed by atoms with van der Waals surface area (Å²) in [6, 6.07) is 7.09. The minimum Gasteiger partial charge on any atom is -0.480 e. The highest BCUT2D eigenvalue weighted by molar-refractivity contribution is 6.30. The third kappa shape index (κ3) is 4.83. The number of nitrogens with one attached hydrogen (secondary N) is 1. The van der Waals surface area contributed by atoms with Gasteiger partial charge >= 0.3 is 5.97 Å². The lowest BCUT2D eigenvalue weighted by Gasteiger charge is -2.35. The van der Waals surface area contributed by atoms with Crippen LogP contribution in [0.2, 0.25) is 5.02 Å². The van der Waals surface area contributed by atoms with Crippen molar-refractivity contribution in [2.75, 3.05) is 0 Å². The average Bonchev–Trinajstić information content (AvgIpc) is 2.70. The number of hydrazone groups is 1. The van der Waals surface area contributed by atoms with E-state index in [1.54, 1.807) is 18.2 Å². The number of hydrogen-bond donors (Lipinski definition) is 2. The number of amides is 1. The van der Waals surface area contributed by atoms with E-state index >= 15 is 0 Å². The van der Waals surface area contributed by atoms with Gasteiger partial charge in [0.15, 0.2) is 5.41 Å². The molecule has 2 atom stereocenters. The first-order chi connectivity index (χ1) is 14.9. The van der Waals surface area contributed by atoms with Crippen molar-refractivity contribution in [3.8, 4) is 0 Å². The van der Waals surface area contributed by atoms with Crippen LogP contribution in [0.25, 0.3) is 0 Å². The topological polar surface area (TPSA) is 113 Å². The summed E-state index contributed by atoms with van der Waals surface area (Å²) >= 11 is 5.96. The lowest BCUT2D eigenvalue weighted by Crippen LogP contribution is -2.47. The molecule has 0 radical (unpaired) electrons. The zero-order valence-electron chi connectivity index (χ0n) is 18.4. The van der Waals surface area contributed by atoms with Crippen LogP contribution in [0.4, 0.5) is 0 Å². The molecule has 2 unspecified atom stereocenters. The fraction of sp³-hybridized carbons (Fsp3) is 0.458. The van der Waals surface area contributed by atoms with E-state index in [2.05, 4.69) is 10.5 Å². The third-order valence-corrected chi connectivity index (χ3v) is 6.63. The van der Waals surface area contributed by atoms with Gasteiger partial charge in [0, 0.05) is 30.0 Å². The summed E-state index contributed by atoms with van der Waals surface area (Å²) in [5, 5.41) is 14.3. The zero-order valence-corrected chi connectivity index (χ0v) is 19.1. The molecule has 2 aliphatic rings. The number of halogens is 1. The Morgan fingerprint density at radius 2 is 1.75 bits per heavy atom. The number of nitrogens with zero attached hydrogens (tertiary/aromatic N) is 1. The smallest absolute Gasteiger partial charge is 0.319 e. The van der Waals surface area contributed by atoms with Crippen LogP contribution in [0.5, 0.6) is 0 Å². The van der Waals surface area contributed by atoms with Crippen molar-refractivity contribution in [2.45, 2.75) is 52.4 Å². The van der Waals surface area contributed by atoms with Gasteiger partial charge < -0.3 is 5.11 Å². The predicted octanol–water partition coefficient (Wildman–Crippen LogP) is 3.91. The standard InChI is InChI=1S/C24H27ClN2O5/c1-14-8-9-24(22(31)32,10-17(14)15-4-6-16(25)7-5-15)21(30)27-26-13-18-19(28)11-23(2,3)12-20(18)29/h4-8,13,17-18H,9-12H2,1-3H3,(H,27,30)(H,31,32). The van der Waals surface area contributed by atoms with Gasteiger partial charge in [-0.3, -0.25) is 19.2 Å². The van der Waals surface area contributed by atoms with Crippen LogP contribution in [0.1, 0.15) is 57.9 Å². The van der Waals surface area contributed by atoms with Gasteiger partial charge in [0.2, 0.25) is 0 Å². The summed E-state index contributed by atoms with van der Waals surface area (Å²) in [7, 11) is 0. The molecule has 0 bridgehead atoms. The van der Waals surface area contributed by atoms with E-state index in [4.69, 9.17) is 11.6 Å². The molecule has 0 aliphatic heterocycles. The van der Waals surface area contributed by atoms with Crippen molar-refractivity contribution in [3.63, 3.8) is 0 Å². The number of ketones is 2. The van der Waals surface area contributed by atoms with Crippen LogP contribution in [0.15, 0.2) is 41.0 Å². The number of aliphatic carboxylic acids is 1. The van der Waals surface area contributed by atoms with Crippen LogP contribution in [0, 0.1) is 16.7 Å². The molecular weight excluding hydrogens is 432 g/mol. The number of carboxylic acid groups (broad SMARTS) is 1. The van der Waals surface area contributed by atoms with E-state index in [1.807, 2.05) is 32.9 Å². The molecule has 0 saturated heterocycles. The van der Waals surface area contributed by atoms with Gasteiger partial charge in [-0.15, -0.1) is 0 Å². The minimum atomic E-state index is -1.72. The first kappa shape index (κ1) is 23.9. The molecule has 170 valence electrons. The quantitative estimate of drug-likeness (QED) is 0.300. The Kier molecular flexibility index (Phi) is 6.69. The first-order valence-corrected chi connectivity index (χ1v) is 10.9. The summed E-state index contributed by atoms with van der Waals surface area (Å²) in [4.78, 5) is 49.8. The fourth-order valence-corrected chi connectivity index (χ4v) is 4.58. The summed E-state index contributed by atoms with van der Waals surface area (Å²) in [5.74, 6) is -3.82. The van der Waals surface area contributed by atoms with Crippen molar-refractivity contribution < 1.29 is 24.3 Å². The van der Waals surface area contributed by atoms with E-state index in [9.17, 15) is 24.3 Å². The maximum Gasteiger partial charge on any atom is 0.319 e. The molecule has 1 amide bonds. The van der Waals surface area contributed by atoms with Crippen molar-refractivity contribution in [2.24, 2.45) is 21.8 Å². The zero-order chi connectivity index (χ0) is 23.7. The molecule has 1 saturated carbocycles. The number of carbonyl (C=O) groups excluding carboxylic acids is 3. The molecular formula is C24H27ClN2O5. The molecule has 2 N–H and O–H groups in total. The molecule has 7 nitrogen and oxygen atoms in total. The van der Waals surface area contributed by atoms with E-state index in [1.165, 1.54) is 0 Å². The van der Waals surface area contributed by atoms with Crippen LogP contribution in [-0.2, 0) is 19.2 Å². The lowest BCUT2D eigenvalue weighted by atomic mass is 9.68. The summed E-state index contributed by atoms with van der Waals surface area (Å²) < 4.78 is 0. The molecule has 0 heterocycles. The molecule has 8 heteroatoms. The Morgan fingerprint density at radius 3 is 2.31 bits per heavy atom. The van der Waals surface area contributed by atoms with Crippen molar-refractivity contribution >= 4 is 41.3 Å². The van der Waals surface area contributed by atoms with Crippen molar-refractivity contribution in [1.82, 2.24) is 5.43 Å². The number of allylic oxidation sites excluding steroid dienone is 2. The fourth-order valence-electron chi connectivity index (χ4n) is 4.45. The van der Waals surface area contributed by atoms with Gasteiger partial charge in [-0.25, -0.2) is 5.43 Å². The normalized spacial score (nSPS) is 26.1. The van der Waals surface area contributed by atoms with Gasteiger partial charge in [-0.1, -0.05) is 49.2 Å². The van der Waals surface area contributed by atoms with Crippen molar-refractivity contribution in [3.05, 3.63) is 46.5 Å². The number of rotatable bonds is 5. The van der Waals surface area contributed by atoms with Gasteiger partial charge in [0.1, 0.15) is 17.5 Å². The second-order valence-corrected chi connectivity index (χ2v) is 9.93. The van der Waals surface area contributed by atoms with Crippen LogP contribution < -0.4 is 5.43 Å². The maximum atomic E-state index is 13.0. The molecule has 1 fully saturated rings. The van der Waals surface area contributed by atoms with E-state index < -0.39 is 28.6 Å². The molecule has 32 heavy (non-hydrogen) atoms. The number of carbonyl (C=O) groups is 4.